The highest BCUT2D eigenvalue weighted by Crippen LogP contribution is 2.25. The van der Waals surface area contributed by atoms with Gasteiger partial charge in [-0.15, -0.1) is 0 Å². The first-order valence-corrected chi connectivity index (χ1v) is 7.81. The third-order valence-electron chi connectivity index (χ3n) is 4.30. The molecule has 0 amide bonds. The van der Waals surface area contributed by atoms with Crippen LogP contribution in [0.25, 0.3) is 0 Å². The number of nitrogens with two attached hydrogens (primary N) is 1. The monoisotopic (exact) mass is 270 g/mol. The topological polar surface area (TPSA) is 29.3 Å². The second kappa shape index (κ2) is 7.44. The molecule has 0 radical (unpaired) electrons. The summed E-state index contributed by atoms with van der Waals surface area (Å²) in [5, 5.41) is 0. The molecule has 1 fully saturated rings. The summed E-state index contributed by atoms with van der Waals surface area (Å²) in [6, 6.07) is 0. The van der Waals surface area contributed by atoms with Crippen LogP contribution in [0.3, 0.4) is 0 Å². The van der Waals surface area contributed by atoms with E-state index in [9.17, 15) is 0 Å². The van der Waals surface area contributed by atoms with Gasteiger partial charge in [-0.3, -0.25) is 0 Å². The molecule has 3 heteroatoms. The Hall–Kier alpha value is -0.150. The van der Waals surface area contributed by atoms with E-state index in [0.29, 0.717) is 4.99 Å². The van der Waals surface area contributed by atoms with E-state index in [4.69, 9.17) is 18.0 Å². The standard InChI is InChI=1S/C15H30N2S/c1-15(2,14(16)18)10-7-11-17(3)12-13-8-5-4-6-9-13/h13H,4-12H2,1-3H3,(H2,16,18). The number of hydrogen-bond donors (Lipinski definition) is 1. The lowest BCUT2D eigenvalue weighted by Gasteiger charge is -2.28. The Labute approximate surface area is 118 Å². The van der Waals surface area contributed by atoms with Crippen molar-refractivity contribution in [3.63, 3.8) is 0 Å². The van der Waals surface area contributed by atoms with Crippen molar-refractivity contribution >= 4 is 17.2 Å². The maximum Gasteiger partial charge on any atom is 0.0784 e. The molecule has 0 aromatic rings. The van der Waals surface area contributed by atoms with E-state index in [-0.39, 0.29) is 5.41 Å². The van der Waals surface area contributed by atoms with Crippen molar-refractivity contribution in [2.45, 2.75) is 58.8 Å². The summed E-state index contributed by atoms with van der Waals surface area (Å²) in [6.45, 7) is 6.74. The SMILES string of the molecule is CN(CCCC(C)(C)C(N)=S)CC1CCCCC1. The van der Waals surface area contributed by atoms with Crippen molar-refractivity contribution in [3.8, 4) is 0 Å². The molecule has 1 aliphatic rings. The Morgan fingerprint density at radius 2 is 1.89 bits per heavy atom. The molecule has 0 aliphatic heterocycles. The Morgan fingerprint density at radius 3 is 2.44 bits per heavy atom. The summed E-state index contributed by atoms with van der Waals surface area (Å²) in [7, 11) is 2.25. The molecule has 0 spiro atoms. The van der Waals surface area contributed by atoms with E-state index < -0.39 is 0 Å². The van der Waals surface area contributed by atoms with Crippen LogP contribution in [0, 0.1) is 11.3 Å². The molecule has 18 heavy (non-hydrogen) atoms. The van der Waals surface area contributed by atoms with E-state index in [1.807, 2.05) is 0 Å². The molecule has 2 N–H and O–H groups in total. The summed E-state index contributed by atoms with van der Waals surface area (Å²) in [5.74, 6) is 0.937. The second-order valence-electron chi connectivity index (χ2n) is 6.62. The van der Waals surface area contributed by atoms with Gasteiger partial charge >= 0.3 is 0 Å². The predicted molar refractivity (Wildman–Crippen MR) is 83.9 cm³/mol. The lowest BCUT2D eigenvalue weighted by Crippen LogP contribution is -2.32. The van der Waals surface area contributed by atoms with Gasteiger partial charge < -0.3 is 10.6 Å². The van der Waals surface area contributed by atoms with Crippen LogP contribution in [0.1, 0.15) is 58.8 Å². The van der Waals surface area contributed by atoms with Gasteiger partial charge in [0.05, 0.1) is 4.99 Å². The third kappa shape index (κ3) is 5.66. The van der Waals surface area contributed by atoms with Crippen LogP contribution >= 0.6 is 12.2 Å². The fourth-order valence-electron chi connectivity index (χ4n) is 2.82. The predicted octanol–water partition coefficient (Wildman–Crippen LogP) is 3.59. The van der Waals surface area contributed by atoms with Gasteiger partial charge in [-0.25, -0.2) is 0 Å². The number of hydrogen-bond acceptors (Lipinski definition) is 2. The maximum atomic E-state index is 5.75. The van der Waals surface area contributed by atoms with E-state index >= 15 is 0 Å². The van der Waals surface area contributed by atoms with E-state index in [1.54, 1.807) is 0 Å². The third-order valence-corrected chi connectivity index (χ3v) is 4.86. The summed E-state index contributed by atoms with van der Waals surface area (Å²) in [4.78, 5) is 3.14. The molecule has 1 aliphatic carbocycles. The minimum absolute atomic E-state index is 0.0149. The van der Waals surface area contributed by atoms with Gasteiger partial charge in [-0.05, 0) is 45.2 Å². The normalized spacial score (nSPS) is 18.2. The Kier molecular flexibility index (Phi) is 6.58. The van der Waals surface area contributed by atoms with Crippen LogP contribution < -0.4 is 5.73 Å². The summed E-state index contributed by atoms with van der Waals surface area (Å²) in [5.41, 5.74) is 5.77. The van der Waals surface area contributed by atoms with Gasteiger partial charge in [0, 0.05) is 12.0 Å². The van der Waals surface area contributed by atoms with E-state index in [0.717, 1.165) is 12.3 Å². The molecule has 0 saturated heterocycles. The van der Waals surface area contributed by atoms with Crippen molar-refractivity contribution in [3.05, 3.63) is 0 Å². The van der Waals surface area contributed by atoms with Crippen molar-refractivity contribution in [1.29, 1.82) is 0 Å². The Morgan fingerprint density at radius 1 is 1.28 bits per heavy atom. The fraction of sp³-hybridized carbons (Fsp3) is 0.933. The highest BCUT2D eigenvalue weighted by atomic mass is 32.1. The molecule has 1 rings (SSSR count). The van der Waals surface area contributed by atoms with Crippen LogP contribution in [0.15, 0.2) is 0 Å². The molecular formula is C15H30N2S. The number of rotatable bonds is 7. The van der Waals surface area contributed by atoms with Crippen molar-refractivity contribution in [2.24, 2.45) is 17.1 Å². The average molecular weight is 270 g/mol. The highest BCUT2D eigenvalue weighted by molar-refractivity contribution is 7.80. The van der Waals surface area contributed by atoms with Crippen LogP contribution in [0.4, 0.5) is 0 Å². The van der Waals surface area contributed by atoms with E-state index in [2.05, 4.69) is 25.8 Å². The summed E-state index contributed by atoms with van der Waals surface area (Å²) in [6.07, 6.45) is 9.47. The van der Waals surface area contributed by atoms with Gasteiger partial charge in [0.15, 0.2) is 0 Å². The summed E-state index contributed by atoms with van der Waals surface area (Å²) < 4.78 is 0. The lowest BCUT2D eigenvalue weighted by molar-refractivity contribution is 0.226. The molecule has 0 heterocycles. The van der Waals surface area contributed by atoms with Gasteiger partial charge in [-0.1, -0.05) is 45.3 Å². The van der Waals surface area contributed by atoms with Crippen LogP contribution in [0.2, 0.25) is 0 Å². The first-order valence-electron chi connectivity index (χ1n) is 7.40. The van der Waals surface area contributed by atoms with Crippen molar-refractivity contribution in [1.82, 2.24) is 4.90 Å². The molecule has 0 aromatic carbocycles. The van der Waals surface area contributed by atoms with Crippen LogP contribution in [0.5, 0.6) is 0 Å². The molecular weight excluding hydrogens is 240 g/mol. The molecule has 0 aromatic heterocycles. The first kappa shape index (κ1) is 15.9. The van der Waals surface area contributed by atoms with E-state index in [1.165, 1.54) is 51.6 Å². The molecule has 106 valence electrons. The number of thiocarbonyl (C=S) groups is 1. The molecule has 0 bridgehead atoms. The molecule has 1 saturated carbocycles. The zero-order valence-electron chi connectivity index (χ0n) is 12.4. The quantitative estimate of drug-likeness (QED) is 0.717. The molecule has 0 unspecified atom stereocenters. The zero-order valence-corrected chi connectivity index (χ0v) is 13.2. The molecule has 0 atom stereocenters. The smallest absolute Gasteiger partial charge is 0.0784 e. The minimum Gasteiger partial charge on any atom is -0.393 e. The maximum absolute atomic E-state index is 5.75. The first-order chi connectivity index (χ1) is 8.42. The Balaban J connectivity index is 2.16. The second-order valence-corrected chi connectivity index (χ2v) is 7.06. The summed E-state index contributed by atoms with van der Waals surface area (Å²) >= 11 is 5.11. The van der Waals surface area contributed by atoms with Gasteiger partial charge in [0.25, 0.3) is 0 Å². The number of nitrogens with zero attached hydrogens (tertiary/aromatic N) is 1. The van der Waals surface area contributed by atoms with Crippen LogP contribution in [-0.2, 0) is 0 Å². The van der Waals surface area contributed by atoms with Crippen molar-refractivity contribution < 1.29 is 0 Å². The van der Waals surface area contributed by atoms with Crippen LogP contribution in [-0.4, -0.2) is 30.0 Å². The zero-order chi connectivity index (χ0) is 13.6. The van der Waals surface area contributed by atoms with Gasteiger partial charge in [0.2, 0.25) is 0 Å². The van der Waals surface area contributed by atoms with Gasteiger partial charge in [0.1, 0.15) is 0 Å². The van der Waals surface area contributed by atoms with Crippen molar-refractivity contribution in [2.75, 3.05) is 20.1 Å². The average Bonchev–Trinajstić information content (AvgIpc) is 2.29. The largest absolute Gasteiger partial charge is 0.393 e. The minimum atomic E-state index is 0.0149. The molecule has 2 nitrogen and oxygen atoms in total. The highest BCUT2D eigenvalue weighted by Gasteiger charge is 2.21. The van der Waals surface area contributed by atoms with Gasteiger partial charge in [-0.2, -0.15) is 0 Å². The fourth-order valence-corrected chi connectivity index (χ4v) is 2.92. The Bertz CT molecular complexity index is 257. The lowest BCUT2D eigenvalue weighted by atomic mass is 9.87.